The summed E-state index contributed by atoms with van der Waals surface area (Å²) >= 11 is 0. The van der Waals surface area contributed by atoms with Crippen molar-refractivity contribution in [1.82, 2.24) is 0 Å². The van der Waals surface area contributed by atoms with Crippen LogP contribution in [0.4, 0.5) is 0 Å². The standard InChI is InChI=1S/C12H26O4S.C9H10O3S.Na/c1-2-3-4-5-6-7-8-9-10-11-12-16-17(13,14)15;1-2-8-12-13(10,11)9-6-4-3-5-7-9;/h2-12H2,1H3,(H,13,14,15);2-7H,1,8H2;/q;;+1/p-1. The summed E-state index contributed by atoms with van der Waals surface area (Å²) in [5.41, 5.74) is 0. The number of unbranched alkanes of at least 4 members (excludes halogenated alkanes) is 9. The first-order valence-electron chi connectivity index (χ1n) is 10.4. The summed E-state index contributed by atoms with van der Waals surface area (Å²) < 4.78 is 61.7. The Morgan fingerprint density at radius 3 is 1.77 bits per heavy atom. The molecule has 0 radical (unpaired) electrons. The summed E-state index contributed by atoms with van der Waals surface area (Å²) in [7, 11) is -8.08. The van der Waals surface area contributed by atoms with E-state index < -0.39 is 20.5 Å². The average molecular weight is 487 g/mol. The van der Waals surface area contributed by atoms with Crippen molar-refractivity contribution in [3.8, 4) is 0 Å². The van der Waals surface area contributed by atoms with Crippen LogP contribution >= 0.6 is 0 Å². The van der Waals surface area contributed by atoms with Gasteiger partial charge in [0, 0.05) is 0 Å². The molecule has 31 heavy (non-hydrogen) atoms. The van der Waals surface area contributed by atoms with Gasteiger partial charge in [0.1, 0.15) is 0 Å². The Hall–Kier alpha value is -0.260. The number of benzene rings is 1. The second-order valence-corrected chi connectivity index (χ2v) is 9.42. The van der Waals surface area contributed by atoms with Crippen molar-refractivity contribution < 1.29 is 59.3 Å². The molecule has 7 nitrogen and oxygen atoms in total. The van der Waals surface area contributed by atoms with Crippen LogP contribution < -0.4 is 29.6 Å². The maximum Gasteiger partial charge on any atom is 1.00 e. The summed E-state index contributed by atoms with van der Waals surface area (Å²) in [6.45, 7) is 5.61. The topological polar surface area (TPSA) is 110 Å². The van der Waals surface area contributed by atoms with Gasteiger partial charge in [0.05, 0.1) is 18.1 Å². The molecule has 0 heterocycles. The van der Waals surface area contributed by atoms with Crippen LogP contribution in [0.25, 0.3) is 0 Å². The van der Waals surface area contributed by atoms with Crippen molar-refractivity contribution in [2.75, 3.05) is 13.2 Å². The minimum atomic E-state index is -4.48. The van der Waals surface area contributed by atoms with Crippen molar-refractivity contribution in [2.45, 2.75) is 76.0 Å². The monoisotopic (exact) mass is 486 g/mol. The fourth-order valence-electron chi connectivity index (χ4n) is 2.54. The SMILES string of the molecule is C=CCOS(=O)(=O)c1ccccc1.CCCCCCCCCCCCOS(=O)(=O)[O-].[Na+]. The predicted molar refractivity (Wildman–Crippen MR) is 117 cm³/mol. The van der Waals surface area contributed by atoms with E-state index in [1.165, 1.54) is 63.2 Å². The third-order valence-corrected chi connectivity index (χ3v) is 5.85. The van der Waals surface area contributed by atoms with Gasteiger partial charge in [-0.3, -0.25) is 8.37 Å². The third-order valence-electron chi connectivity index (χ3n) is 4.10. The van der Waals surface area contributed by atoms with Crippen molar-refractivity contribution in [3.05, 3.63) is 43.0 Å². The van der Waals surface area contributed by atoms with E-state index in [1.54, 1.807) is 18.2 Å². The van der Waals surface area contributed by atoms with Gasteiger partial charge in [-0.1, -0.05) is 89.0 Å². The van der Waals surface area contributed by atoms with E-state index in [9.17, 15) is 21.4 Å². The largest absolute Gasteiger partial charge is 1.00 e. The Bertz CT molecular complexity index is 751. The Balaban J connectivity index is 0. The second kappa shape index (κ2) is 20.4. The van der Waals surface area contributed by atoms with E-state index in [0.29, 0.717) is 6.42 Å². The fraction of sp³-hybridized carbons (Fsp3) is 0.619. The van der Waals surface area contributed by atoms with Gasteiger partial charge in [0.15, 0.2) is 0 Å². The molecule has 0 saturated heterocycles. The van der Waals surface area contributed by atoms with E-state index in [4.69, 9.17) is 0 Å². The molecule has 0 N–H and O–H groups in total. The molecule has 1 aromatic rings. The molecule has 10 heteroatoms. The first-order chi connectivity index (χ1) is 14.2. The molecule has 0 amide bonds. The smallest absolute Gasteiger partial charge is 0.726 e. The van der Waals surface area contributed by atoms with Gasteiger partial charge >= 0.3 is 29.6 Å². The van der Waals surface area contributed by atoms with E-state index in [1.807, 2.05) is 0 Å². The molecule has 0 atom stereocenters. The zero-order valence-electron chi connectivity index (χ0n) is 18.8. The maximum atomic E-state index is 11.3. The van der Waals surface area contributed by atoms with Gasteiger partial charge in [-0.05, 0) is 18.6 Å². The van der Waals surface area contributed by atoms with Crippen LogP contribution in [0.2, 0.25) is 0 Å². The molecular formula is C21H35NaO7S2. The first kappa shape index (κ1) is 32.9. The van der Waals surface area contributed by atoms with E-state index in [-0.39, 0.29) is 47.7 Å². The summed E-state index contributed by atoms with van der Waals surface area (Å²) in [5.74, 6) is 0. The van der Waals surface area contributed by atoms with Gasteiger partial charge in [-0.25, -0.2) is 8.42 Å². The van der Waals surface area contributed by atoms with Gasteiger partial charge in [0.25, 0.3) is 10.1 Å². The summed E-state index contributed by atoms with van der Waals surface area (Å²) in [6, 6.07) is 8.00. The molecular weight excluding hydrogens is 451 g/mol. The number of rotatable bonds is 16. The third kappa shape index (κ3) is 21.3. The van der Waals surface area contributed by atoms with Crippen LogP contribution in [0.15, 0.2) is 47.9 Å². The predicted octanol–water partition coefficient (Wildman–Crippen LogP) is 1.97. The zero-order valence-corrected chi connectivity index (χ0v) is 22.5. The Labute approximate surface area is 211 Å². The van der Waals surface area contributed by atoms with Gasteiger partial charge in [-0.2, -0.15) is 8.42 Å². The molecule has 0 bridgehead atoms. The quantitative estimate of drug-likeness (QED) is 0.0877. The van der Waals surface area contributed by atoms with Crippen LogP contribution in [0.1, 0.15) is 71.1 Å². The fourth-order valence-corrected chi connectivity index (χ4v) is 3.77. The molecule has 1 aromatic carbocycles. The minimum absolute atomic E-state index is 0. The summed E-state index contributed by atoms with van der Waals surface area (Å²) in [6.07, 6.45) is 13.1. The van der Waals surface area contributed by atoms with Crippen LogP contribution in [-0.4, -0.2) is 34.6 Å². The number of hydrogen-bond acceptors (Lipinski definition) is 7. The maximum absolute atomic E-state index is 11.3. The molecule has 0 saturated carbocycles. The first-order valence-corrected chi connectivity index (χ1v) is 13.1. The molecule has 0 aliphatic carbocycles. The van der Waals surface area contributed by atoms with E-state index >= 15 is 0 Å². The average Bonchev–Trinajstić information content (AvgIpc) is 2.71. The van der Waals surface area contributed by atoms with Crippen LogP contribution in [0.3, 0.4) is 0 Å². The van der Waals surface area contributed by atoms with Crippen molar-refractivity contribution in [1.29, 1.82) is 0 Å². The molecule has 0 spiro atoms. The normalized spacial score (nSPS) is 11.2. The van der Waals surface area contributed by atoms with Crippen molar-refractivity contribution in [2.24, 2.45) is 0 Å². The zero-order chi connectivity index (χ0) is 22.7. The molecule has 0 aromatic heterocycles. The minimum Gasteiger partial charge on any atom is -0.726 e. The molecule has 0 aliphatic rings. The van der Waals surface area contributed by atoms with Gasteiger partial charge in [0.2, 0.25) is 10.4 Å². The number of hydrogen-bond donors (Lipinski definition) is 0. The van der Waals surface area contributed by atoms with E-state index in [2.05, 4.69) is 21.9 Å². The molecule has 0 aliphatic heterocycles. The summed E-state index contributed by atoms with van der Waals surface area (Å²) in [4.78, 5) is 0.164. The van der Waals surface area contributed by atoms with Crippen LogP contribution in [0.5, 0.6) is 0 Å². The van der Waals surface area contributed by atoms with Gasteiger partial charge in [-0.15, -0.1) is 6.58 Å². The second-order valence-electron chi connectivity index (χ2n) is 6.75. The van der Waals surface area contributed by atoms with Crippen LogP contribution in [-0.2, 0) is 28.9 Å². The van der Waals surface area contributed by atoms with Crippen molar-refractivity contribution in [3.63, 3.8) is 0 Å². The van der Waals surface area contributed by atoms with Crippen LogP contribution in [0, 0.1) is 0 Å². The molecule has 1 rings (SSSR count). The molecule has 174 valence electrons. The molecule has 0 unspecified atom stereocenters. The Kier molecular flexibility index (Phi) is 21.6. The van der Waals surface area contributed by atoms with Crippen molar-refractivity contribution >= 4 is 20.5 Å². The Morgan fingerprint density at radius 1 is 0.839 bits per heavy atom. The molecule has 0 fully saturated rings. The van der Waals surface area contributed by atoms with E-state index in [0.717, 1.165) is 12.8 Å². The summed E-state index contributed by atoms with van der Waals surface area (Å²) in [5, 5.41) is 0. The van der Waals surface area contributed by atoms with Gasteiger partial charge < -0.3 is 4.55 Å². The Morgan fingerprint density at radius 2 is 1.32 bits per heavy atom.